The quantitative estimate of drug-likeness (QED) is 0.745. The van der Waals surface area contributed by atoms with Crippen molar-refractivity contribution < 1.29 is 23.1 Å². The Labute approximate surface area is 187 Å². The molecule has 0 radical (unpaired) electrons. The lowest BCUT2D eigenvalue weighted by Crippen LogP contribution is -2.47. The topological polar surface area (TPSA) is 58.6 Å². The van der Waals surface area contributed by atoms with E-state index in [0.29, 0.717) is 37.7 Å². The fourth-order valence-electron chi connectivity index (χ4n) is 3.83. The van der Waals surface area contributed by atoms with E-state index in [1.807, 2.05) is 19.1 Å². The highest BCUT2D eigenvalue weighted by Crippen LogP contribution is 2.32. The van der Waals surface area contributed by atoms with E-state index in [2.05, 4.69) is 32.2 Å². The summed E-state index contributed by atoms with van der Waals surface area (Å²) < 4.78 is 32.8. The predicted octanol–water partition coefficient (Wildman–Crippen LogP) is 4.37. The zero-order chi connectivity index (χ0) is 23.5. The number of nitrogens with one attached hydrogen (secondary N) is 1. The van der Waals surface area contributed by atoms with Crippen molar-refractivity contribution in [2.24, 2.45) is 0 Å². The summed E-state index contributed by atoms with van der Waals surface area (Å²) in [7, 11) is 0. The SMILES string of the molecule is Cc1ccc(OCC(=O)NC2CCN(C(=O)c3ccc(F)cc3F)CC2)c(C(C)(C)C)c1. The number of hydrogen-bond acceptors (Lipinski definition) is 3. The van der Waals surface area contributed by atoms with E-state index in [4.69, 9.17) is 4.74 Å². The van der Waals surface area contributed by atoms with Crippen LogP contribution in [0.25, 0.3) is 0 Å². The molecule has 0 aliphatic carbocycles. The summed E-state index contributed by atoms with van der Waals surface area (Å²) >= 11 is 0. The molecule has 0 spiro atoms. The second kappa shape index (κ2) is 9.67. The number of piperidine rings is 1. The van der Waals surface area contributed by atoms with Gasteiger partial charge in [0, 0.05) is 25.2 Å². The van der Waals surface area contributed by atoms with Crippen molar-refractivity contribution in [3.05, 3.63) is 64.7 Å². The number of hydrogen-bond donors (Lipinski definition) is 1. The third-order valence-electron chi connectivity index (χ3n) is 5.61. The average molecular weight is 445 g/mol. The van der Waals surface area contributed by atoms with Gasteiger partial charge < -0.3 is 15.0 Å². The summed E-state index contributed by atoms with van der Waals surface area (Å²) in [5, 5.41) is 2.95. The molecule has 0 bridgehead atoms. The van der Waals surface area contributed by atoms with Gasteiger partial charge in [0.25, 0.3) is 11.8 Å². The fourth-order valence-corrected chi connectivity index (χ4v) is 3.83. The van der Waals surface area contributed by atoms with Crippen LogP contribution in [0.1, 0.15) is 55.1 Å². The number of aryl methyl sites for hydroxylation is 1. The molecule has 5 nitrogen and oxygen atoms in total. The van der Waals surface area contributed by atoms with Gasteiger partial charge in [-0.25, -0.2) is 8.78 Å². The number of likely N-dealkylation sites (tertiary alicyclic amines) is 1. The largest absolute Gasteiger partial charge is 0.483 e. The van der Waals surface area contributed by atoms with Gasteiger partial charge in [0.05, 0.1) is 5.56 Å². The highest BCUT2D eigenvalue weighted by atomic mass is 19.1. The van der Waals surface area contributed by atoms with E-state index in [1.54, 1.807) is 0 Å². The molecule has 2 amide bonds. The van der Waals surface area contributed by atoms with E-state index in [1.165, 1.54) is 4.90 Å². The first kappa shape index (κ1) is 23.7. The zero-order valence-electron chi connectivity index (χ0n) is 19.0. The Hall–Kier alpha value is -2.96. The summed E-state index contributed by atoms with van der Waals surface area (Å²) in [6.07, 6.45) is 1.11. The molecule has 32 heavy (non-hydrogen) atoms. The minimum atomic E-state index is -0.867. The third-order valence-corrected chi connectivity index (χ3v) is 5.61. The number of amides is 2. The van der Waals surface area contributed by atoms with E-state index in [-0.39, 0.29) is 29.5 Å². The lowest BCUT2D eigenvalue weighted by atomic mass is 9.85. The molecule has 2 aromatic carbocycles. The molecule has 0 aromatic heterocycles. The van der Waals surface area contributed by atoms with Crippen LogP contribution in [0.2, 0.25) is 0 Å². The Morgan fingerprint density at radius 3 is 2.41 bits per heavy atom. The summed E-state index contributed by atoms with van der Waals surface area (Å²) in [6, 6.07) is 8.77. The predicted molar refractivity (Wildman–Crippen MR) is 119 cm³/mol. The van der Waals surface area contributed by atoms with Gasteiger partial charge in [0.1, 0.15) is 17.4 Å². The van der Waals surface area contributed by atoms with Crippen molar-refractivity contribution in [1.82, 2.24) is 10.2 Å². The van der Waals surface area contributed by atoms with Crippen molar-refractivity contribution in [1.29, 1.82) is 0 Å². The van der Waals surface area contributed by atoms with Crippen LogP contribution >= 0.6 is 0 Å². The Morgan fingerprint density at radius 2 is 1.78 bits per heavy atom. The maximum absolute atomic E-state index is 13.9. The molecule has 1 aliphatic rings. The summed E-state index contributed by atoms with van der Waals surface area (Å²) in [6.45, 7) is 8.99. The summed E-state index contributed by atoms with van der Waals surface area (Å²) in [5.41, 5.74) is 1.93. The molecule has 172 valence electrons. The number of benzene rings is 2. The van der Waals surface area contributed by atoms with Gasteiger partial charge >= 0.3 is 0 Å². The Kier molecular flexibility index (Phi) is 7.16. The van der Waals surface area contributed by atoms with Crippen molar-refractivity contribution in [2.45, 2.75) is 52.0 Å². The van der Waals surface area contributed by atoms with Crippen molar-refractivity contribution >= 4 is 11.8 Å². The van der Waals surface area contributed by atoms with Crippen molar-refractivity contribution in [3.8, 4) is 5.75 Å². The van der Waals surface area contributed by atoms with Gasteiger partial charge in [-0.3, -0.25) is 9.59 Å². The Morgan fingerprint density at radius 1 is 1.09 bits per heavy atom. The van der Waals surface area contributed by atoms with E-state index >= 15 is 0 Å². The van der Waals surface area contributed by atoms with Gasteiger partial charge in [-0.2, -0.15) is 0 Å². The molecular formula is C25H30F2N2O3. The highest BCUT2D eigenvalue weighted by molar-refractivity contribution is 5.94. The van der Waals surface area contributed by atoms with Crippen LogP contribution in [0.3, 0.4) is 0 Å². The average Bonchev–Trinajstić information content (AvgIpc) is 2.72. The van der Waals surface area contributed by atoms with Crippen LogP contribution < -0.4 is 10.1 Å². The molecule has 3 rings (SSSR count). The number of carbonyl (C=O) groups excluding carboxylic acids is 2. The lowest BCUT2D eigenvalue weighted by molar-refractivity contribution is -0.124. The monoisotopic (exact) mass is 444 g/mol. The van der Waals surface area contributed by atoms with Crippen LogP contribution in [-0.4, -0.2) is 42.5 Å². The maximum atomic E-state index is 13.9. The minimum Gasteiger partial charge on any atom is -0.483 e. The number of rotatable bonds is 5. The minimum absolute atomic E-state index is 0.0895. The van der Waals surface area contributed by atoms with Crippen molar-refractivity contribution in [2.75, 3.05) is 19.7 Å². The molecule has 1 saturated heterocycles. The molecular weight excluding hydrogens is 414 g/mol. The van der Waals surface area contributed by atoms with E-state index < -0.39 is 17.5 Å². The molecule has 0 saturated carbocycles. The molecule has 1 heterocycles. The van der Waals surface area contributed by atoms with Gasteiger partial charge in [0.2, 0.25) is 0 Å². The molecule has 1 N–H and O–H groups in total. The Balaban J connectivity index is 1.50. The summed E-state index contributed by atoms with van der Waals surface area (Å²) in [4.78, 5) is 26.5. The van der Waals surface area contributed by atoms with Gasteiger partial charge in [-0.15, -0.1) is 0 Å². The number of carbonyl (C=O) groups is 2. The molecule has 1 fully saturated rings. The number of halogens is 2. The second-order valence-corrected chi connectivity index (χ2v) is 9.30. The fraction of sp³-hybridized carbons (Fsp3) is 0.440. The van der Waals surface area contributed by atoms with Gasteiger partial charge in [-0.1, -0.05) is 38.5 Å². The molecule has 1 aliphatic heterocycles. The smallest absolute Gasteiger partial charge is 0.258 e. The summed E-state index contributed by atoms with van der Waals surface area (Å²) in [5.74, 6) is -1.58. The normalized spacial score (nSPS) is 14.9. The molecule has 2 aromatic rings. The molecule has 0 unspecified atom stereocenters. The highest BCUT2D eigenvalue weighted by Gasteiger charge is 2.26. The maximum Gasteiger partial charge on any atom is 0.258 e. The number of ether oxygens (including phenoxy) is 1. The zero-order valence-corrected chi connectivity index (χ0v) is 19.0. The standard InChI is InChI=1S/C25H30F2N2O3/c1-16-5-8-22(20(13-16)25(2,3)4)32-15-23(30)28-18-9-11-29(12-10-18)24(31)19-7-6-17(26)14-21(19)27/h5-8,13-14,18H,9-12,15H2,1-4H3,(H,28,30). The van der Waals surface area contributed by atoms with Crippen LogP contribution in [0.15, 0.2) is 36.4 Å². The van der Waals surface area contributed by atoms with Crippen LogP contribution in [0, 0.1) is 18.6 Å². The van der Waals surface area contributed by atoms with Gasteiger partial charge in [0.15, 0.2) is 6.61 Å². The van der Waals surface area contributed by atoms with E-state index in [0.717, 1.165) is 23.3 Å². The van der Waals surface area contributed by atoms with Gasteiger partial charge in [-0.05, 0) is 48.9 Å². The van der Waals surface area contributed by atoms with Crippen LogP contribution in [-0.2, 0) is 10.2 Å². The first-order chi connectivity index (χ1) is 15.0. The van der Waals surface area contributed by atoms with Crippen LogP contribution in [0.5, 0.6) is 5.75 Å². The van der Waals surface area contributed by atoms with E-state index in [9.17, 15) is 18.4 Å². The van der Waals surface area contributed by atoms with Crippen LogP contribution in [0.4, 0.5) is 8.78 Å². The molecule has 0 atom stereocenters. The first-order valence-electron chi connectivity index (χ1n) is 10.8. The first-order valence-corrected chi connectivity index (χ1v) is 10.8. The van der Waals surface area contributed by atoms with Crippen molar-refractivity contribution in [3.63, 3.8) is 0 Å². The second-order valence-electron chi connectivity index (χ2n) is 9.30. The third kappa shape index (κ3) is 5.84. The number of nitrogens with zero attached hydrogens (tertiary/aromatic N) is 1. The molecule has 7 heteroatoms. The lowest BCUT2D eigenvalue weighted by Gasteiger charge is -2.32. The Bertz CT molecular complexity index is 993.